The molecule has 2 aromatic rings. The van der Waals surface area contributed by atoms with Crippen molar-refractivity contribution in [3.8, 4) is 0 Å². The van der Waals surface area contributed by atoms with Crippen LogP contribution in [-0.2, 0) is 27.6 Å². The first-order valence-corrected chi connectivity index (χ1v) is 11.9. The van der Waals surface area contributed by atoms with Gasteiger partial charge in [-0.3, -0.25) is 4.21 Å². The number of aliphatic hydroxyl groups is 1. The number of aliphatic hydroxyl groups excluding tert-OH is 1. The first-order chi connectivity index (χ1) is 14.5. The third-order valence-electron chi connectivity index (χ3n) is 6.61. The number of ether oxygens (including phenoxy) is 1. The van der Waals surface area contributed by atoms with Gasteiger partial charge in [0.25, 0.3) is 0 Å². The van der Waals surface area contributed by atoms with E-state index >= 15 is 0 Å². The zero-order chi connectivity index (χ0) is 20.9. The molecule has 2 aliphatic heterocycles. The number of benzene rings is 1. The standard InChI is InChI=1S/C21H25ClN4O3S/c1-29-21(14-3-5-15(22)6-4-14)11-26(12-21)19-23-16-7-10-30(28)17(16)18(24-19)25-20(13-27)8-2-9-20/h3-6,27H,2,7-13H2,1H3,(H,23,24,25). The van der Waals surface area contributed by atoms with Crippen molar-refractivity contribution in [2.24, 2.45) is 0 Å². The minimum Gasteiger partial charge on any atom is -0.394 e. The fourth-order valence-corrected chi connectivity index (χ4v) is 5.91. The molecule has 30 heavy (non-hydrogen) atoms. The lowest BCUT2D eigenvalue weighted by Crippen LogP contribution is -2.61. The van der Waals surface area contributed by atoms with Crippen LogP contribution in [0.1, 0.15) is 30.5 Å². The van der Waals surface area contributed by atoms with Crippen molar-refractivity contribution in [1.29, 1.82) is 0 Å². The van der Waals surface area contributed by atoms with Gasteiger partial charge in [0.15, 0.2) is 0 Å². The van der Waals surface area contributed by atoms with Gasteiger partial charge in [-0.1, -0.05) is 23.7 Å². The van der Waals surface area contributed by atoms with Crippen molar-refractivity contribution >= 4 is 34.2 Å². The van der Waals surface area contributed by atoms with Gasteiger partial charge in [0.1, 0.15) is 16.3 Å². The lowest BCUT2D eigenvalue weighted by Gasteiger charge is -2.49. The number of methoxy groups -OCH3 is 1. The van der Waals surface area contributed by atoms with Gasteiger partial charge >= 0.3 is 0 Å². The highest BCUT2D eigenvalue weighted by atomic mass is 35.5. The molecule has 1 aromatic carbocycles. The second kappa shape index (κ2) is 7.44. The maximum Gasteiger partial charge on any atom is 0.227 e. The van der Waals surface area contributed by atoms with E-state index in [4.69, 9.17) is 26.3 Å². The number of halogens is 1. The predicted molar refractivity (Wildman–Crippen MR) is 117 cm³/mol. The lowest BCUT2D eigenvalue weighted by molar-refractivity contribution is -0.0390. The van der Waals surface area contributed by atoms with Crippen LogP contribution in [0.5, 0.6) is 0 Å². The summed E-state index contributed by atoms with van der Waals surface area (Å²) in [7, 11) is 0.612. The Bertz CT molecular complexity index is 985. The number of nitrogens with zero attached hydrogens (tertiary/aromatic N) is 3. The minimum absolute atomic E-state index is 0.0425. The summed E-state index contributed by atoms with van der Waals surface area (Å²) in [5.41, 5.74) is 1.12. The molecule has 1 atom stereocenters. The number of aryl methyl sites for hydroxylation is 1. The molecule has 3 heterocycles. The topological polar surface area (TPSA) is 87.6 Å². The number of aromatic nitrogens is 2. The fourth-order valence-electron chi connectivity index (χ4n) is 4.48. The molecule has 7 nitrogen and oxygen atoms in total. The second-order valence-corrected chi connectivity index (χ2v) is 10.4. The van der Waals surface area contributed by atoms with Gasteiger partial charge in [0, 0.05) is 24.3 Å². The van der Waals surface area contributed by atoms with E-state index in [-0.39, 0.29) is 12.1 Å². The number of hydrogen-bond donors (Lipinski definition) is 2. The predicted octanol–water partition coefficient (Wildman–Crippen LogP) is 2.48. The normalized spacial score (nSPS) is 23.4. The van der Waals surface area contributed by atoms with Gasteiger partial charge in [0.05, 0.1) is 41.7 Å². The molecule has 160 valence electrons. The van der Waals surface area contributed by atoms with E-state index < -0.39 is 16.4 Å². The highest BCUT2D eigenvalue weighted by molar-refractivity contribution is 7.85. The van der Waals surface area contributed by atoms with Crippen LogP contribution in [0, 0.1) is 0 Å². The van der Waals surface area contributed by atoms with Crippen LogP contribution in [0.4, 0.5) is 11.8 Å². The molecule has 1 saturated heterocycles. The summed E-state index contributed by atoms with van der Waals surface area (Å²) in [5, 5.41) is 14.0. The van der Waals surface area contributed by atoms with Crippen molar-refractivity contribution in [2.45, 2.75) is 41.7 Å². The molecular weight excluding hydrogens is 424 g/mol. The molecule has 1 aromatic heterocycles. The SMILES string of the molecule is COC1(c2ccc(Cl)cc2)CN(c2nc3c(c(NC4(CO)CCC4)n2)S(=O)CC3)C1. The van der Waals surface area contributed by atoms with Crippen LogP contribution in [-0.4, -0.2) is 57.4 Å². The van der Waals surface area contributed by atoms with Gasteiger partial charge in [0.2, 0.25) is 5.95 Å². The van der Waals surface area contributed by atoms with E-state index in [1.807, 2.05) is 24.3 Å². The molecule has 3 aliphatic rings. The molecule has 5 rings (SSSR count). The molecule has 9 heteroatoms. The van der Waals surface area contributed by atoms with Gasteiger partial charge in [-0.25, -0.2) is 4.98 Å². The van der Waals surface area contributed by atoms with E-state index in [9.17, 15) is 9.32 Å². The average molecular weight is 449 g/mol. The third kappa shape index (κ3) is 3.21. The molecule has 1 aliphatic carbocycles. The molecule has 2 fully saturated rings. The fraction of sp³-hybridized carbons (Fsp3) is 0.524. The zero-order valence-corrected chi connectivity index (χ0v) is 18.4. The monoisotopic (exact) mass is 448 g/mol. The summed E-state index contributed by atoms with van der Waals surface area (Å²) >= 11 is 6.03. The summed E-state index contributed by atoms with van der Waals surface area (Å²) in [4.78, 5) is 12.3. The second-order valence-electron chi connectivity index (χ2n) is 8.43. The zero-order valence-electron chi connectivity index (χ0n) is 16.9. The van der Waals surface area contributed by atoms with Crippen molar-refractivity contribution < 1.29 is 14.1 Å². The number of fused-ring (bicyclic) bond motifs is 1. The van der Waals surface area contributed by atoms with E-state index in [1.165, 1.54) is 0 Å². The van der Waals surface area contributed by atoms with Crippen LogP contribution in [0.3, 0.4) is 0 Å². The maximum atomic E-state index is 12.6. The molecule has 0 bridgehead atoms. The number of hydrogen-bond acceptors (Lipinski definition) is 7. The minimum atomic E-state index is -1.10. The quantitative estimate of drug-likeness (QED) is 0.701. The van der Waals surface area contributed by atoms with Crippen LogP contribution in [0.15, 0.2) is 29.2 Å². The summed E-state index contributed by atoms with van der Waals surface area (Å²) in [6.45, 7) is 1.29. The Kier molecular flexibility index (Phi) is 5.01. The van der Waals surface area contributed by atoms with Crippen LogP contribution in [0.25, 0.3) is 0 Å². The summed E-state index contributed by atoms with van der Waals surface area (Å²) in [6, 6.07) is 7.72. The van der Waals surface area contributed by atoms with E-state index in [0.29, 0.717) is 46.9 Å². The smallest absolute Gasteiger partial charge is 0.227 e. The largest absolute Gasteiger partial charge is 0.394 e. The first kappa shape index (κ1) is 20.2. The summed E-state index contributed by atoms with van der Waals surface area (Å²) < 4.78 is 18.5. The maximum absolute atomic E-state index is 12.6. The van der Waals surface area contributed by atoms with Crippen molar-refractivity contribution in [2.75, 3.05) is 42.8 Å². The molecule has 0 amide bonds. The Morgan fingerprint density at radius 1 is 1.27 bits per heavy atom. The molecule has 1 unspecified atom stereocenters. The first-order valence-electron chi connectivity index (χ1n) is 10.2. The number of anilines is 2. The Hall–Kier alpha value is -1.74. The van der Waals surface area contributed by atoms with Crippen molar-refractivity contribution in [1.82, 2.24) is 9.97 Å². The van der Waals surface area contributed by atoms with Crippen LogP contribution in [0.2, 0.25) is 5.02 Å². The van der Waals surface area contributed by atoms with E-state index in [1.54, 1.807) is 7.11 Å². The highest BCUT2D eigenvalue weighted by Crippen LogP contribution is 2.41. The van der Waals surface area contributed by atoms with Crippen LogP contribution < -0.4 is 10.2 Å². The van der Waals surface area contributed by atoms with E-state index in [2.05, 4.69) is 10.2 Å². The number of nitrogens with one attached hydrogen (secondary N) is 1. The van der Waals surface area contributed by atoms with E-state index in [0.717, 1.165) is 30.5 Å². The molecule has 2 N–H and O–H groups in total. The Morgan fingerprint density at radius 2 is 2.00 bits per heavy atom. The van der Waals surface area contributed by atoms with Crippen LogP contribution >= 0.6 is 11.6 Å². The lowest BCUT2D eigenvalue weighted by atomic mass is 9.77. The average Bonchev–Trinajstić information content (AvgIpc) is 3.07. The van der Waals surface area contributed by atoms with Crippen molar-refractivity contribution in [3.05, 3.63) is 40.5 Å². The third-order valence-corrected chi connectivity index (χ3v) is 8.32. The van der Waals surface area contributed by atoms with Gasteiger partial charge in [-0.15, -0.1) is 0 Å². The van der Waals surface area contributed by atoms with Crippen molar-refractivity contribution in [3.63, 3.8) is 0 Å². The Morgan fingerprint density at radius 3 is 2.60 bits per heavy atom. The summed E-state index contributed by atoms with van der Waals surface area (Å²) in [6.07, 6.45) is 3.52. The Balaban J connectivity index is 1.44. The Labute approximate surface area is 183 Å². The summed E-state index contributed by atoms with van der Waals surface area (Å²) in [5.74, 6) is 1.80. The van der Waals surface area contributed by atoms with Gasteiger partial charge in [-0.2, -0.15) is 4.98 Å². The highest BCUT2D eigenvalue weighted by Gasteiger charge is 2.47. The number of rotatable bonds is 6. The molecule has 1 saturated carbocycles. The molecular formula is C21H25ClN4O3S. The molecule has 0 spiro atoms. The van der Waals surface area contributed by atoms with Gasteiger partial charge in [-0.05, 0) is 37.0 Å². The molecule has 0 radical (unpaired) electrons. The van der Waals surface area contributed by atoms with Gasteiger partial charge < -0.3 is 20.1 Å².